The largest absolute Gasteiger partial charge is 0.462 e. The third kappa shape index (κ3) is 5.35. The fraction of sp³-hybridized carbons (Fsp3) is 0.765. The molecule has 0 saturated carbocycles. The van der Waals surface area contributed by atoms with Gasteiger partial charge in [-0.2, -0.15) is 0 Å². The van der Waals surface area contributed by atoms with Crippen LogP contribution < -0.4 is 0 Å². The molecule has 0 aromatic heterocycles. The molecule has 22 heavy (non-hydrogen) atoms. The summed E-state index contributed by atoms with van der Waals surface area (Å²) in [5, 5.41) is 0. The number of ether oxygens (including phenoxy) is 2. The number of hydrogen-bond donors (Lipinski definition) is 0. The van der Waals surface area contributed by atoms with Gasteiger partial charge in [0, 0.05) is 25.9 Å². The van der Waals surface area contributed by atoms with Crippen molar-refractivity contribution >= 4 is 12.1 Å². The second-order valence-corrected chi connectivity index (χ2v) is 7.13. The number of carbonyl (C=O) groups excluding carboxylic acids is 2. The number of rotatable bonds is 3. The SMILES string of the molecule is CC(C)(C)OC(=O)N1CCC(OC(=O)C[C@H]2C=CCC2)CC1. The first-order chi connectivity index (χ1) is 10.3. The van der Waals surface area contributed by atoms with Crippen LogP contribution in [0.1, 0.15) is 52.9 Å². The average molecular weight is 309 g/mol. The molecule has 0 spiro atoms. The van der Waals surface area contributed by atoms with E-state index in [0.717, 1.165) is 12.8 Å². The lowest BCUT2D eigenvalue weighted by Gasteiger charge is -2.33. The van der Waals surface area contributed by atoms with Gasteiger partial charge in [-0.15, -0.1) is 0 Å². The molecular weight excluding hydrogens is 282 g/mol. The number of piperidine rings is 1. The second-order valence-electron chi connectivity index (χ2n) is 7.13. The van der Waals surface area contributed by atoms with Gasteiger partial charge in [-0.3, -0.25) is 4.79 Å². The van der Waals surface area contributed by atoms with Crippen molar-refractivity contribution in [3.8, 4) is 0 Å². The Morgan fingerprint density at radius 1 is 1.18 bits per heavy atom. The van der Waals surface area contributed by atoms with Crippen LogP contribution in [-0.2, 0) is 14.3 Å². The van der Waals surface area contributed by atoms with Gasteiger partial charge in [0.1, 0.15) is 11.7 Å². The van der Waals surface area contributed by atoms with Crippen molar-refractivity contribution in [2.45, 2.75) is 64.6 Å². The zero-order chi connectivity index (χ0) is 16.2. The summed E-state index contributed by atoms with van der Waals surface area (Å²) in [6.45, 7) is 6.73. The first kappa shape index (κ1) is 16.8. The molecule has 0 bridgehead atoms. The Hall–Kier alpha value is -1.52. The predicted octanol–water partition coefficient (Wildman–Crippen LogP) is 3.29. The third-order valence-electron chi connectivity index (χ3n) is 3.93. The van der Waals surface area contributed by atoms with E-state index in [-0.39, 0.29) is 18.2 Å². The van der Waals surface area contributed by atoms with Crippen molar-refractivity contribution < 1.29 is 19.1 Å². The maximum atomic E-state index is 12.0. The molecule has 124 valence electrons. The zero-order valence-electron chi connectivity index (χ0n) is 13.8. The Labute approximate surface area is 132 Å². The summed E-state index contributed by atoms with van der Waals surface area (Å²) in [7, 11) is 0. The minimum atomic E-state index is -0.477. The Morgan fingerprint density at radius 2 is 1.86 bits per heavy atom. The molecule has 1 fully saturated rings. The quantitative estimate of drug-likeness (QED) is 0.593. The third-order valence-corrected chi connectivity index (χ3v) is 3.93. The smallest absolute Gasteiger partial charge is 0.410 e. The normalized spacial score (nSPS) is 22.7. The summed E-state index contributed by atoms with van der Waals surface area (Å²) < 4.78 is 10.9. The zero-order valence-corrected chi connectivity index (χ0v) is 13.8. The topological polar surface area (TPSA) is 55.8 Å². The molecule has 0 N–H and O–H groups in total. The molecule has 1 atom stereocenters. The molecule has 1 aliphatic heterocycles. The highest BCUT2D eigenvalue weighted by molar-refractivity contribution is 5.70. The van der Waals surface area contributed by atoms with Gasteiger partial charge in [0.05, 0.1) is 6.42 Å². The van der Waals surface area contributed by atoms with Crippen molar-refractivity contribution in [2.75, 3.05) is 13.1 Å². The van der Waals surface area contributed by atoms with Crippen molar-refractivity contribution in [1.29, 1.82) is 0 Å². The Kier molecular flexibility index (Phi) is 5.48. The summed E-state index contributed by atoms with van der Waals surface area (Å²) in [6, 6.07) is 0. The van der Waals surface area contributed by atoms with Gasteiger partial charge in [0.25, 0.3) is 0 Å². The van der Waals surface area contributed by atoms with Crippen LogP contribution in [-0.4, -0.2) is 41.8 Å². The van der Waals surface area contributed by atoms with Crippen molar-refractivity contribution in [1.82, 2.24) is 4.90 Å². The van der Waals surface area contributed by atoms with Gasteiger partial charge in [0.2, 0.25) is 0 Å². The fourth-order valence-electron chi connectivity index (χ4n) is 2.80. The van der Waals surface area contributed by atoms with Crippen LogP contribution in [0.25, 0.3) is 0 Å². The lowest BCUT2D eigenvalue weighted by atomic mass is 10.1. The second kappa shape index (κ2) is 7.16. The Balaban J connectivity index is 1.69. The van der Waals surface area contributed by atoms with E-state index in [1.54, 1.807) is 4.90 Å². The van der Waals surface area contributed by atoms with E-state index < -0.39 is 5.60 Å². The van der Waals surface area contributed by atoms with Crippen molar-refractivity contribution in [3.05, 3.63) is 12.2 Å². The molecule has 0 aromatic carbocycles. The molecule has 2 rings (SSSR count). The van der Waals surface area contributed by atoms with Crippen LogP contribution in [0.4, 0.5) is 4.79 Å². The molecule has 2 aliphatic rings. The highest BCUT2D eigenvalue weighted by Crippen LogP contribution is 2.22. The van der Waals surface area contributed by atoms with Crippen LogP contribution in [0.5, 0.6) is 0 Å². The molecule has 1 heterocycles. The number of carbonyl (C=O) groups is 2. The standard InChI is InChI=1S/C17H27NO4/c1-17(2,3)22-16(20)18-10-8-14(9-11-18)21-15(19)12-13-6-4-5-7-13/h4,6,13-14H,5,7-12H2,1-3H3/t13-/m0/s1. The van der Waals surface area contributed by atoms with Crippen LogP contribution >= 0.6 is 0 Å². The minimum Gasteiger partial charge on any atom is -0.462 e. The van der Waals surface area contributed by atoms with E-state index in [4.69, 9.17) is 9.47 Å². The Bertz CT molecular complexity index is 430. The molecule has 1 amide bonds. The van der Waals surface area contributed by atoms with Gasteiger partial charge in [-0.1, -0.05) is 12.2 Å². The van der Waals surface area contributed by atoms with E-state index in [2.05, 4.69) is 12.2 Å². The number of likely N-dealkylation sites (tertiary alicyclic amines) is 1. The van der Waals surface area contributed by atoms with Crippen LogP contribution in [0.2, 0.25) is 0 Å². The molecule has 5 heteroatoms. The molecule has 1 aliphatic carbocycles. The first-order valence-electron chi connectivity index (χ1n) is 8.17. The number of nitrogens with zero attached hydrogens (tertiary/aromatic N) is 1. The number of hydrogen-bond acceptors (Lipinski definition) is 4. The molecule has 0 unspecified atom stereocenters. The van der Waals surface area contributed by atoms with E-state index in [9.17, 15) is 9.59 Å². The monoisotopic (exact) mass is 309 g/mol. The fourth-order valence-corrected chi connectivity index (χ4v) is 2.80. The van der Waals surface area contributed by atoms with Gasteiger partial charge in [-0.05, 0) is 39.5 Å². The van der Waals surface area contributed by atoms with E-state index >= 15 is 0 Å². The first-order valence-corrected chi connectivity index (χ1v) is 8.17. The Morgan fingerprint density at radius 3 is 2.41 bits per heavy atom. The van der Waals surface area contributed by atoms with E-state index in [1.807, 2.05) is 20.8 Å². The number of amides is 1. The maximum Gasteiger partial charge on any atom is 0.410 e. The average Bonchev–Trinajstić information content (AvgIpc) is 2.90. The maximum absolute atomic E-state index is 12.0. The van der Waals surface area contributed by atoms with Crippen LogP contribution in [0.3, 0.4) is 0 Å². The lowest BCUT2D eigenvalue weighted by molar-refractivity contribution is -0.151. The molecule has 5 nitrogen and oxygen atoms in total. The number of esters is 1. The number of allylic oxidation sites excluding steroid dienone is 2. The van der Waals surface area contributed by atoms with Crippen LogP contribution in [0.15, 0.2) is 12.2 Å². The molecule has 0 aromatic rings. The molecule has 1 saturated heterocycles. The summed E-state index contributed by atoms with van der Waals surface area (Å²) in [5.74, 6) is 0.224. The van der Waals surface area contributed by atoms with E-state index in [0.29, 0.717) is 38.3 Å². The lowest BCUT2D eigenvalue weighted by Crippen LogP contribution is -2.43. The summed E-state index contributed by atoms with van der Waals surface area (Å²) in [6.07, 6.45) is 7.83. The van der Waals surface area contributed by atoms with E-state index in [1.165, 1.54) is 0 Å². The predicted molar refractivity (Wildman–Crippen MR) is 83.4 cm³/mol. The molecule has 0 radical (unpaired) electrons. The summed E-state index contributed by atoms with van der Waals surface area (Å²) in [5.41, 5.74) is -0.477. The summed E-state index contributed by atoms with van der Waals surface area (Å²) in [4.78, 5) is 25.6. The summed E-state index contributed by atoms with van der Waals surface area (Å²) >= 11 is 0. The highest BCUT2D eigenvalue weighted by Gasteiger charge is 2.28. The minimum absolute atomic E-state index is 0.0726. The van der Waals surface area contributed by atoms with Gasteiger partial charge < -0.3 is 14.4 Å². The van der Waals surface area contributed by atoms with Crippen molar-refractivity contribution in [2.24, 2.45) is 5.92 Å². The van der Waals surface area contributed by atoms with Crippen LogP contribution in [0, 0.1) is 5.92 Å². The van der Waals surface area contributed by atoms with Gasteiger partial charge in [0.15, 0.2) is 0 Å². The highest BCUT2D eigenvalue weighted by atomic mass is 16.6. The van der Waals surface area contributed by atoms with Crippen molar-refractivity contribution in [3.63, 3.8) is 0 Å². The van der Waals surface area contributed by atoms with Gasteiger partial charge >= 0.3 is 12.1 Å². The molecular formula is C17H27NO4. The van der Waals surface area contributed by atoms with Gasteiger partial charge in [-0.25, -0.2) is 4.79 Å².